The van der Waals surface area contributed by atoms with Crippen molar-refractivity contribution in [1.29, 1.82) is 0 Å². The highest BCUT2D eigenvalue weighted by molar-refractivity contribution is 9.10. The SMILES string of the molecule is COc1ccc(Br)c(C[C@]23CCC4(C[C@]2(O)CC[C@@H]2C3=CC[C@]3(C)[C@@H](O)CC[C@@H]23)OCC(C)(C)CO4)c1. The quantitative estimate of drug-likeness (QED) is 0.421. The Morgan fingerprint density at radius 3 is 2.54 bits per heavy atom. The van der Waals surface area contributed by atoms with Gasteiger partial charge in [0.1, 0.15) is 5.75 Å². The molecule has 4 fully saturated rings. The van der Waals surface area contributed by atoms with E-state index in [4.69, 9.17) is 14.2 Å². The summed E-state index contributed by atoms with van der Waals surface area (Å²) in [6.07, 6.45) is 9.58. The van der Waals surface area contributed by atoms with Gasteiger partial charge in [-0.15, -0.1) is 0 Å². The van der Waals surface area contributed by atoms with Crippen LogP contribution in [0.2, 0.25) is 0 Å². The number of allylic oxidation sites excluding steroid dienone is 1. The molecule has 0 radical (unpaired) electrons. The van der Waals surface area contributed by atoms with Gasteiger partial charge in [0.05, 0.1) is 32.0 Å². The van der Waals surface area contributed by atoms with Gasteiger partial charge in [-0.25, -0.2) is 0 Å². The van der Waals surface area contributed by atoms with Crippen LogP contribution in [0.5, 0.6) is 5.75 Å². The molecule has 6 atom stereocenters. The van der Waals surface area contributed by atoms with Gasteiger partial charge in [0, 0.05) is 33.6 Å². The Balaban J connectivity index is 1.43. The van der Waals surface area contributed by atoms with Gasteiger partial charge in [-0.2, -0.15) is 0 Å². The molecule has 37 heavy (non-hydrogen) atoms. The van der Waals surface area contributed by atoms with E-state index in [1.165, 1.54) is 11.1 Å². The maximum atomic E-state index is 12.8. The number of hydrogen-bond donors (Lipinski definition) is 2. The molecular formula is C31H43BrO5. The van der Waals surface area contributed by atoms with Crippen molar-refractivity contribution in [3.05, 3.63) is 39.9 Å². The van der Waals surface area contributed by atoms with Crippen LogP contribution < -0.4 is 4.74 Å². The third kappa shape index (κ3) is 3.99. The fourth-order valence-corrected chi connectivity index (χ4v) is 9.14. The molecule has 0 unspecified atom stereocenters. The van der Waals surface area contributed by atoms with Gasteiger partial charge in [0.15, 0.2) is 5.79 Å². The number of aliphatic hydroxyl groups is 2. The molecule has 4 aliphatic carbocycles. The third-order valence-corrected chi connectivity index (χ3v) is 11.8. The average molecular weight is 576 g/mol. The van der Waals surface area contributed by atoms with Gasteiger partial charge < -0.3 is 24.4 Å². The van der Waals surface area contributed by atoms with Crippen LogP contribution in [0.3, 0.4) is 0 Å². The van der Waals surface area contributed by atoms with E-state index < -0.39 is 16.8 Å². The summed E-state index contributed by atoms with van der Waals surface area (Å²) in [4.78, 5) is 0. The minimum Gasteiger partial charge on any atom is -0.497 e. The summed E-state index contributed by atoms with van der Waals surface area (Å²) in [7, 11) is 1.71. The molecule has 1 spiro atoms. The monoisotopic (exact) mass is 574 g/mol. The van der Waals surface area contributed by atoms with Crippen molar-refractivity contribution in [1.82, 2.24) is 0 Å². The molecular weight excluding hydrogens is 532 g/mol. The fourth-order valence-electron chi connectivity index (χ4n) is 8.75. The maximum Gasteiger partial charge on any atom is 0.171 e. The van der Waals surface area contributed by atoms with Crippen LogP contribution in [0.4, 0.5) is 0 Å². The second-order valence-corrected chi connectivity index (χ2v) is 14.6. The highest BCUT2D eigenvalue weighted by Crippen LogP contribution is 2.68. The van der Waals surface area contributed by atoms with Crippen molar-refractivity contribution < 1.29 is 24.4 Å². The standard InChI is InChI=1S/C31H43BrO5/c1-27(2)18-36-31(37-19-27)14-13-29(16-20-15-21(35-4)5-7-25(20)32)24-10-11-28(3)23(6-8-26(28)33)22(24)9-12-30(29,34)17-31/h5,7,10,15,22-23,26,33-34H,6,8-9,11-14,16-19H2,1-4H3/t22-,23-,26-,28-,29-,30+/m0/s1. The predicted molar refractivity (Wildman–Crippen MR) is 146 cm³/mol. The number of fused-ring (bicyclic) bond motifs is 5. The first-order chi connectivity index (χ1) is 17.4. The zero-order valence-electron chi connectivity index (χ0n) is 22.8. The number of benzene rings is 1. The van der Waals surface area contributed by atoms with Gasteiger partial charge in [-0.05, 0) is 80.5 Å². The molecule has 1 saturated heterocycles. The van der Waals surface area contributed by atoms with Crippen LogP contribution in [-0.2, 0) is 15.9 Å². The molecule has 0 bridgehead atoms. The Morgan fingerprint density at radius 2 is 1.81 bits per heavy atom. The molecule has 3 saturated carbocycles. The lowest BCUT2D eigenvalue weighted by atomic mass is 9.45. The molecule has 1 aromatic rings. The lowest BCUT2D eigenvalue weighted by Gasteiger charge is -2.64. The first-order valence-electron chi connectivity index (χ1n) is 14.2. The molecule has 1 heterocycles. The van der Waals surface area contributed by atoms with Crippen molar-refractivity contribution in [3.63, 3.8) is 0 Å². The van der Waals surface area contributed by atoms with Crippen molar-refractivity contribution in [2.45, 2.75) is 96.1 Å². The van der Waals surface area contributed by atoms with Gasteiger partial charge in [-0.3, -0.25) is 0 Å². The summed E-state index contributed by atoms with van der Waals surface area (Å²) in [6, 6.07) is 6.16. The molecule has 2 N–H and O–H groups in total. The van der Waals surface area contributed by atoms with Gasteiger partial charge >= 0.3 is 0 Å². The molecule has 6 heteroatoms. The highest BCUT2D eigenvalue weighted by Gasteiger charge is 2.66. The summed E-state index contributed by atoms with van der Waals surface area (Å²) in [5.74, 6) is 1.00. The number of ether oxygens (including phenoxy) is 3. The van der Waals surface area contributed by atoms with Crippen molar-refractivity contribution in [3.8, 4) is 5.75 Å². The van der Waals surface area contributed by atoms with Gasteiger partial charge in [0.2, 0.25) is 0 Å². The highest BCUT2D eigenvalue weighted by atomic mass is 79.9. The smallest absolute Gasteiger partial charge is 0.171 e. The van der Waals surface area contributed by atoms with E-state index in [-0.39, 0.29) is 16.9 Å². The zero-order chi connectivity index (χ0) is 26.3. The van der Waals surface area contributed by atoms with E-state index in [0.717, 1.165) is 61.6 Å². The van der Waals surface area contributed by atoms with Crippen LogP contribution in [0.15, 0.2) is 34.3 Å². The second-order valence-electron chi connectivity index (χ2n) is 13.8. The first-order valence-corrected chi connectivity index (χ1v) is 15.0. The molecule has 0 amide bonds. The summed E-state index contributed by atoms with van der Waals surface area (Å²) < 4.78 is 19.6. The van der Waals surface area contributed by atoms with E-state index in [1.807, 2.05) is 6.07 Å². The summed E-state index contributed by atoms with van der Waals surface area (Å²) in [6.45, 7) is 7.94. The number of methoxy groups -OCH3 is 1. The second kappa shape index (κ2) is 8.79. The molecule has 1 aliphatic heterocycles. The third-order valence-electron chi connectivity index (χ3n) is 11.0. The van der Waals surface area contributed by atoms with Crippen molar-refractivity contribution >= 4 is 15.9 Å². The summed E-state index contributed by atoms with van der Waals surface area (Å²) in [5, 5.41) is 23.7. The van der Waals surface area contributed by atoms with Crippen LogP contribution >= 0.6 is 15.9 Å². The lowest BCUT2D eigenvalue weighted by molar-refractivity contribution is -0.343. The Hall–Kier alpha value is -0.920. The molecule has 5 nitrogen and oxygen atoms in total. The predicted octanol–water partition coefficient (Wildman–Crippen LogP) is 6.19. The average Bonchev–Trinajstić information content (AvgIpc) is 3.17. The van der Waals surface area contributed by atoms with E-state index in [9.17, 15) is 10.2 Å². The lowest BCUT2D eigenvalue weighted by Crippen LogP contribution is -2.66. The van der Waals surface area contributed by atoms with E-state index >= 15 is 0 Å². The van der Waals surface area contributed by atoms with Gasteiger partial charge in [-0.1, -0.05) is 48.4 Å². The van der Waals surface area contributed by atoms with E-state index in [1.54, 1.807) is 7.11 Å². The van der Waals surface area contributed by atoms with Crippen molar-refractivity contribution in [2.24, 2.45) is 28.1 Å². The van der Waals surface area contributed by atoms with Gasteiger partial charge in [0.25, 0.3) is 0 Å². The number of hydrogen-bond acceptors (Lipinski definition) is 5. The number of rotatable bonds is 3. The van der Waals surface area contributed by atoms with Crippen LogP contribution in [-0.4, -0.2) is 48.0 Å². The van der Waals surface area contributed by atoms with Crippen molar-refractivity contribution in [2.75, 3.05) is 20.3 Å². The fraction of sp³-hybridized carbons (Fsp3) is 0.742. The minimum atomic E-state index is -0.928. The first kappa shape index (κ1) is 26.3. The Morgan fingerprint density at radius 1 is 1.05 bits per heavy atom. The Kier molecular flexibility index (Phi) is 6.25. The summed E-state index contributed by atoms with van der Waals surface area (Å²) in [5.41, 5.74) is 1.21. The van der Waals surface area contributed by atoms with E-state index in [0.29, 0.717) is 31.5 Å². The normalized spacial score (nSPS) is 41.9. The Labute approximate surface area is 230 Å². The van der Waals surface area contributed by atoms with E-state index in [2.05, 4.69) is 54.9 Å². The van der Waals surface area contributed by atoms with Crippen LogP contribution in [0, 0.1) is 28.1 Å². The number of halogens is 1. The zero-order valence-corrected chi connectivity index (χ0v) is 24.4. The Bertz CT molecular complexity index is 1090. The topological polar surface area (TPSA) is 68.2 Å². The summed E-state index contributed by atoms with van der Waals surface area (Å²) >= 11 is 3.81. The molecule has 1 aromatic carbocycles. The molecule has 0 aromatic heterocycles. The maximum absolute atomic E-state index is 12.8. The largest absolute Gasteiger partial charge is 0.497 e. The van der Waals surface area contributed by atoms with Crippen LogP contribution in [0.1, 0.15) is 77.7 Å². The van der Waals surface area contributed by atoms with Crippen LogP contribution in [0.25, 0.3) is 0 Å². The number of aliphatic hydroxyl groups excluding tert-OH is 1. The minimum absolute atomic E-state index is 0.00875. The molecule has 6 rings (SSSR count). The molecule has 5 aliphatic rings. The molecule has 204 valence electrons.